The summed E-state index contributed by atoms with van der Waals surface area (Å²) in [5, 5.41) is 0. The second-order valence-electron chi connectivity index (χ2n) is 7.50. The van der Waals surface area contributed by atoms with Gasteiger partial charge in [-0.1, -0.05) is 18.2 Å². The molecule has 0 fully saturated rings. The van der Waals surface area contributed by atoms with E-state index in [0.29, 0.717) is 13.0 Å². The maximum absolute atomic E-state index is 13.5. The van der Waals surface area contributed by atoms with Crippen LogP contribution in [0.15, 0.2) is 72.8 Å². The van der Waals surface area contributed by atoms with Crippen molar-refractivity contribution in [2.45, 2.75) is 25.7 Å². The number of imidazole rings is 1. The summed E-state index contributed by atoms with van der Waals surface area (Å²) < 4.78 is 26.2. The van der Waals surface area contributed by atoms with Gasteiger partial charge in [0.15, 0.2) is 0 Å². The van der Waals surface area contributed by atoms with Crippen LogP contribution in [0.2, 0.25) is 0 Å². The van der Waals surface area contributed by atoms with Crippen LogP contribution in [0.3, 0.4) is 0 Å². The molecule has 6 heteroatoms. The number of ether oxygens (including phenoxy) is 2. The van der Waals surface area contributed by atoms with Crippen molar-refractivity contribution >= 4 is 17.0 Å². The maximum atomic E-state index is 13.5. The molecule has 0 aliphatic rings. The molecule has 4 rings (SSSR count). The van der Waals surface area contributed by atoms with E-state index in [1.54, 1.807) is 12.1 Å². The molecule has 0 amide bonds. The van der Waals surface area contributed by atoms with Gasteiger partial charge in [0.1, 0.15) is 17.4 Å². The third-order valence-corrected chi connectivity index (χ3v) is 5.26. The molecule has 1 heterocycles. The molecule has 1 aromatic heterocycles. The van der Waals surface area contributed by atoms with E-state index in [-0.39, 0.29) is 11.8 Å². The first-order chi connectivity index (χ1) is 15.7. The van der Waals surface area contributed by atoms with Crippen LogP contribution in [0.5, 0.6) is 5.75 Å². The Morgan fingerprint density at radius 3 is 2.50 bits per heavy atom. The molecule has 0 saturated heterocycles. The van der Waals surface area contributed by atoms with Gasteiger partial charge < -0.3 is 9.47 Å². The zero-order chi connectivity index (χ0) is 22.3. The number of carbonyl (C=O) groups is 1. The number of unbranched alkanes of at least 4 members (excludes halogenated alkanes) is 2. The Morgan fingerprint density at radius 1 is 0.969 bits per heavy atom. The van der Waals surface area contributed by atoms with E-state index in [1.807, 2.05) is 48.5 Å². The fourth-order valence-corrected chi connectivity index (χ4v) is 3.62. The minimum absolute atomic E-state index is 0.178. The first kappa shape index (κ1) is 21.6. The molecular weight excluding hydrogens is 407 g/mol. The molecular formula is C26H25FN2O3. The lowest BCUT2D eigenvalue weighted by molar-refractivity contribution is -0.140. The Bertz CT molecular complexity index is 1190. The fourth-order valence-electron chi connectivity index (χ4n) is 3.62. The molecule has 0 unspecified atom stereocenters. The summed E-state index contributed by atoms with van der Waals surface area (Å²) in [6.07, 6.45) is 2.98. The molecule has 3 aromatic carbocycles. The van der Waals surface area contributed by atoms with Gasteiger partial charge in [-0.15, -0.1) is 0 Å². The van der Waals surface area contributed by atoms with Crippen molar-refractivity contribution < 1.29 is 18.7 Å². The van der Waals surface area contributed by atoms with Gasteiger partial charge in [-0.2, -0.15) is 0 Å². The summed E-state index contributed by atoms with van der Waals surface area (Å²) in [6.45, 7) is 0.566. The number of hydrogen-bond donors (Lipinski definition) is 0. The molecule has 0 bridgehead atoms. The van der Waals surface area contributed by atoms with Crippen molar-refractivity contribution in [1.82, 2.24) is 9.55 Å². The van der Waals surface area contributed by atoms with E-state index >= 15 is 0 Å². The number of methoxy groups -OCH3 is 1. The third kappa shape index (κ3) is 4.97. The summed E-state index contributed by atoms with van der Waals surface area (Å²) >= 11 is 0. The summed E-state index contributed by atoms with van der Waals surface area (Å²) in [4.78, 5) is 16.0. The highest BCUT2D eigenvalue weighted by atomic mass is 19.1. The molecule has 0 aliphatic carbocycles. The van der Waals surface area contributed by atoms with Crippen molar-refractivity contribution in [3.63, 3.8) is 0 Å². The molecule has 0 atom stereocenters. The molecule has 4 aromatic rings. The summed E-state index contributed by atoms with van der Waals surface area (Å²) in [5.41, 5.74) is 3.55. The highest BCUT2D eigenvalue weighted by Crippen LogP contribution is 2.31. The largest absolute Gasteiger partial charge is 0.494 e. The van der Waals surface area contributed by atoms with Crippen molar-refractivity contribution in [3.05, 3.63) is 78.6 Å². The summed E-state index contributed by atoms with van der Waals surface area (Å²) in [5.74, 6) is 1.04. The standard InChI is InChI=1S/C26H25FN2O3/c1-31-25(30)10-6-3-7-17-32-22-15-16-23-24(18-22)29(21-8-4-2-5-9-21)26(28-23)19-11-13-20(27)14-12-19/h2,4-5,8-9,11-16,18H,3,6-7,10,17H2,1H3. The van der Waals surface area contributed by atoms with Crippen LogP contribution in [0.1, 0.15) is 25.7 Å². The Hall–Kier alpha value is -3.67. The lowest BCUT2D eigenvalue weighted by Gasteiger charge is -2.11. The van der Waals surface area contributed by atoms with Gasteiger partial charge in [-0.25, -0.2) is 9.37 Å². The molecule has 0 saturated carbocycles. The van der Waals surface area contributed by atoms with Crippen LogP contribution < -0.4 is 4.74 Å². The second kappa shape index (κ2) is 10.1. The van der Waals surface area contributed by atoms with Gasteiger partial charge in [-0.3, -0.25) is 9.36 Å². The number of fused-ring (bicyclic) bond motifs is 1. The van der Waals surface area contributed by atoms with Crippen LogP contribution in [0.25, 0.3) is 28.1 Å². The van der Waals surface area contributed by atoms with Crippen LogP contribution in [-0.4, -0.2) is 29.2 Å². The molecule has 0 radical (unpaired) electrons. The van der Waals surface area contributed by atoms with Crippen LogP contribution in [-0.2, 0) is 9.53 Å². The first-order valence-corrected chi connectivity index (χ1v) is 10.7. The third-order valence-electron chi connectivity index (χ3n) is 5.26. The number of aromatic nitrogens is 2. The second-order valence-corrected chi connectivity index (χ2v) is 7.50. The molecule has 164 valence electrons. The molecule has 0 N–H and O–H groups in total. The van der Waals surface area contributed by atoms with Gasteiger partial charge in [0.2, 0.25) is 0 Å². The Morgan fingerprint density at radius 2 is 1.75 bits per heavy atom. The smallest absolute Gasteiger partial charge is 0.305 e. The monoisotopic (exact) mass is 432 g/mol. The first-order valence-electron chi connectivity index (χ1n) is 10.7. The van der Waals surface area contributed by atoms with Crippen LogP contribution in [0, 0.1) is 5.82 Å². The van der Waals surface area contributed by atoms with Crippen LogP contribution in [0.4, 0.5) is 4.39 Å². The lowest BCUT2D eigenvalue weighted by Crippen LogP contribution is -2.01. The number of esters is 1. The number of halogens is 1. The van der Waals surface area contributed by atoms with E-state index in [2.05, 4.69) is 9.30 Å². The van der Waals surface area contributed by atoms with Gasteiger partial charge >= 0.3 is 5.97 Å². The average Bonchev–Trinajstić information content (AvgIpc) is 3.21. The minimum atomic E-state index is -0.279. The number of carbonyl (C=O) groups excluding carboxylic acids is 1. The number of hydrogen-bond acceptors (Lipinski definition) is 4. The highest BCUT2D eigenvalue weighted by Gasteiger charge is 2.15. The van der Waals surface area contributed by atoms with E-state index < -0.39 is 0 Å². The zero-order valence-electron chi connectivity index (χ0n) is 18.0. The number of para-hydroxylation sites is 1. The van der Waals surface area contributed by atoms with Gasteiger partial charge in [0, 0.05) is 23.7 Å². The lowest BCUT2D eigenvalue weighted by atomic mass is 10.2. The van der Waals surface area contributed by atoms with Crippen molar-refractivity contribution in [2.24, 2.45) is 0 Å². The van der Waals surface area contributed by atoms with Gasteiger partial charge in [0.25, 0.3) is 0 Å². The van der Waals surface area contributed by atoms with Crippen molar-refractivity contribution in [2.75, 3.05) is 13.7 Å². The van der Waals surface area contributed by atoms with Gasteiger partial charge in [-0.05, 0) is 67.8 Å². The number of rotatable bonds is 9. The van der Waals surface area contributed by atoms with E-state index in [0.717, 1.165) is 53.1 Å². The Kier molecular flexibility index (Phi) is 6.80. The van der Waals surface area contributed by atoms with Gasteiger partial charge in [0.05, 0.1) is 24.8 Å². The van der Waals surface area contributed by atoms with Crippen molar-refractivity contribution in [3.8, 4) is 22.8 Å². The average molecular weight is 432 g/mol. The Labute approximate surface area is 186 Å². The SMILES string of the molecule is COC(=O)CCCCCOc1ccc2nc(-c3ccc(F)cc3)n(-c3ccccc3)c2c1. The Balaban J connectivity index is 1.58. The summed E-state index contributed by atoms with van der Waals surface area (Å²) in [6, 6.07) is 22.1. The fraction of sp³-hybridized carbons (Fsp3) is 0.231. The highest BCUT2D eigenvalue weighted by molar-refractivity contribution is 5.84. The van der Waals surface area contributed by atoms with Crippen LogP contribution >= 0.6 is 0 Å². The molecule has 32 heavy (non-hydrogen) atoms. The number of benzene rings is 3. The predicted molar refractivity (Wildman–Crippen MR) is 122 cm³/mol. The zero-order valence-corrected chi connectivity index (χ0v) is 18.0. The van der Waals surface area contributed by atoms with E-state index in [4.69, 9.17) is 9.72 Å². The maximum Gasteiger partial charge on any atom is 0.305 e. The quantitative estimate of drug-likeness (QED) is 0.242. The predicted octanol–water partition coefficient (Wildman–Crippen LogP) is 5.94. The van der Waals surface area contributed by atoms with E-state index in [1.165, 1.54) is 19.2 Å². The van der Waals surface area contributed by atoms with E-state index in [9.17, 15) is 9.18 Å². The minimum Gasteiger partial charge on any atom is -0.494 e. The normalized spacial score (nSPS) is 10.9. The molecule has 0 spiro atoms. The topological polar surface area (TPSA) is 53.4 Å². The summed E-state index contributed by atoms with van der Waals surface area (Å²) in [7, 11) is 1.41. The molecule has 0 aliphatic heterocycles. The molecule has 5 nitrogen and oxygen atoms in total. The number of nitrogens with zero attached hydrogens (tertiary/aromatic N) is 2. The van der Waals surface area contributed by atoms with Crippen molar-refractivity contribution in [1.29, 1.82) is 0 Å².